The Hall–Kier alpha value is -1.31. The summed E-state index contributed by atoms with van der Waals surface area (Å²) in [5.41, 5.74) is 2.34. The summed E-state index contributed by atoms with van der Waals surface area (Å²) in [6.07, 6.45) is 6.37. The third-order valence-electron chi connectivity index (χ3n) is 4.04. The van der Waals surface area contributed by atoms with Crippen LogP contribution in [0.3, 0.4) is 0 Å². The zero-order valence-corrected chi connectivity index (χ0v) is 11.9. The average molecular weight is 259 g/mol. The number of carbonyl (C=O) groups is 1. The predicted octanol–water partition coefficient (Wildman–Crippen LogP) is 4.20. The van der Waals surface area contributed by atoms with Crippen LogP contribution in [-0.4, -0.2) is 12.6 Å². The summed E-state index contributed by atoms with van der Waals surface area (Å²) in [6, 6.07) is 9.37. The van der Waals surface area contributed by atoms with Gasteiger partial charge in [0.05, 0.1) is 12.5 Å². The Bertz CT molecular complexity index is 419. The second-order valence-electron chi connectivity index (χ2n) is 5.35. The Morgan fingerprint density at radius 2 is 2.16 bits per heavy atom. The monoisotopic (exact) mass is 259 g/mol. The third-order valence-corrected chi connectivity index (χ3v) is 4.04. The van der Waals surface area contributed by atoms with E-state index in [4.69, 9.17) is 4.74 Å². The maximum Gasteiger partial charge on any atom is 0.313 e. The van der Waals surface area contributed by atoms with Crippen molar-refractivity contribution in [3.05, 3.63) is 35.4 Å². The van der Waals surface area contributed by atoms with E-state index in [2.05, 4.69) is 12.1 Å². The SMILES string of the molecule is CCOC(=O)C(C)c1ccc[c]c1C1CCCCC1. The Labute approximate surface area is 116 Å². The van der Waals surface area contributed by atoms with E-state index in [0.717, 1.165) is 5.56 Å². The summed E-state index contributed by atoms with van der Waals surface area (Å²) in [4.78, 5) is 11.9. The minimum Gasteiger partial charge on any atom is -0.466 e. The molecule has 1 radical (unpaired) electrons. The molecule has 0 N–H and O–H groups in total. The Balaban J connectivity index is 2.22. The van der Waals surface area contributed by atoms with Gasteiger partial charge in [-0.15, -0.1) is 0 Å². The van der Waals surface area contributed by atoms with Crippen molar-refractivity contribution in [3.63, 3.8) is 0 Å². The fraction of sp³-hybridized carbons (Fsp3) is 0.588. The van der Waals surface area contributed by atoms with E-state index in [0.29, 0.717) is 12.5 Å². The molecular formula is C17H23O2. The highest BCUT2D eigenvalue weighted by Gasteiger charge is 2.24. The molecule has 0 aromatic heterocycles. The maximum absolute atomic E-state index is 11.9. The highest BCUT2D eigenvalue weighted by atomic mass is 16.5. The van der Waals surface area contributed by atoms with Gasteiger partial charge in [-0.3, -0.25) is 4.79 Å². The van der Waals surface area contributed by atoms with Gasteiger partial charge in [0.25, 0.3) is 0 Å². The lowest BCUT2D eigenvalue weighted by molar-refractivity contribution is -0.144. The molecular weight excluding hydrogens is 236 g/mol. The molecule has 0 aliphatic heterocycles. The zero-order valence-electron chi connectivity index (χ0n) is 11.9. The van der Waals surface area contributed by atoms with Gasteiger partial charge in [0, 0.05) is 0 Å². The smallest absolute Gasteiger partial charge is 0.313 e. The molecule has 1 aromatic rings. The Morgan fingerprint density at radius 1 is 1.42 bits per heavy atom. The van der Waals surface area contributed by atoms with E-state index in [-0.39, 0.29) is 11.9 Å². The fourth-order valence-electron chi connectivity index (χ4n) is 2.98. The second-order valence-corrected chi connectivity index (χ2v) is 5.35. The number of hydrogen-bond acceptors (Lipinski definition) is 2. The van der Waals surface area contributed by atoms with Crippen molar-refractivity contribution in [2.45, 2.75) is 57.8 Å². The van der Waals surface area contributed by atoms with Gasteiger partial charge in [0.1, 0.15) is 0 Å². The number of benzene rings is 1. The first kappa shape index (κ1) is 14.1. The molecule has 0 heterocycles. The van der Waals surface area contributed by atoms with Crippen molar-refractivity contribution in [1.82, 2.24) is 0 Å². The molecule has 0 bridgehead atoms. The quantitative estimate of drug-likeness (QED) is 0.757. The average Bonchev–Trinajstić information content (AvgIpc) is 2.47. The minimum atomic E-state index is -0.186. The topological polar surface area (TPSA) is 26.3 Å². The molecule has 0 amide bonds. The van der Waals surface area contributed by atoms with E-state index >= 15 is 0 Å². The van der Waals surface area contributed by atoms with Crippen LogP contribution in [0.4, 0.5) is 0 Å². The number of ether oxygens (including phenoxy) is 1. The normalized spacial score (nSPS) is 18.0. The molecule has 2 heteroatoms. The minimum absolute atomic E-state index is 0.126. The largest absolute Gasteiger partial charge is 0.466 e. The molecule has 2 nitrogen and oxygen atoms in total. The lowest BCUT2D eigenvalue weighted by Gasteiger charge is -2.25. The number of rotatable bonds is 4. The van der Waals surface area contributed by atoms with Crippen molar-refractivity contribution < 1.29 is 9.53 Å². The Morgan fingerprint density at radius 3 is 2.84 bits per heavy atom. The number of hydrogen-bond donors (Lipinski definition) is 0. The first-order valence-electron chi connectivity index (χ1n) is 7.41. The van der Waals surface area contributed by atoms with Crippen LogP contribution in [0.25, 0.3) is 0 Å². The van der Waals surface area contributed by atoms with Crippen molar-refractivity contribution >= 4 is 5.97 Å². The highest BCUT2D eigenvalue weighted by molar-refractivity contribution is 5.78. The molecule has 1 fully saturated rings. The molecule has 0 saturated heterocycles. The van der Waals surface area contributed by atoms with Crippen LogP contribution in [0.1, 0.15) is 68.9 Å². The Kier molecular flexibility index (Phi) is 5.00. The van der Waals surface area contributed by atoms with Gasteiger partial charge in [0.2, 0.25) is 0 Å². The van der Waals surface area contributed by atoms with Gasteiger partial charge < -0.3 is 4.74 Å². The summed E-state index contributed by atoms with van der Waals surface area (Å²) < 4.78 is 5.15. The molecule has 1 atom stereocenters. The summed E-state index contributed by atoms with van der Waals surface area (Å²) in [5, 5.41) is 0. The third kappa shape index (κ3) is 3.37. The molecule has 1 unspecified atom stereocenters. The van der Waals surface area contributed by atoms with Crippen molar-refractivity contribution in [2.24, 2.45) is 0 Å². The lowest BCUT2D eigenvalue weighted by Crippen LogP contribution is -2.16. The van der Waals surface area contributed by atoms with E-state index in [1.165, 1.54) is 37.7 Å². The van der Waals surface area contributed by atoms with Gasteiger partial charge in [-0.2, -0.15) is 0 Å². The van der Waals surface area contributed by atoms with E-state index in [1.54, 1.807) is 0 Å². The van der Waals surface area contributed by atoms with Crippen molar-refractivity contribution in [3.8, 4) is 0 Å². The van der Waals surface area contributed by atoms with Crippen LogP contribution in [-0.2, 0) is 9.53 Å². The zero-order chi connectivity index (χ0) is 13.7. The van der Waals surface area contributed by atoms with Crippen LogP contribution >= 0.6 is 0 Å². The number of carbonyl (C=O) groups excluding carboxylic acids is 1. The van der Waals surface area contributed by atoms with Gasteiger partial charge in [-0.1, -0.05) is 37.5 Å². The molecule has 0 spiro atoms. The molecule has 2 rings (SSSR count). The van der Waals surface area contributed by atoms with Gasteiger partial charge in [0.15, 0.2) is 0 Å². The maximum atomic E-state index is 11.9. The van der Waals surface area contributed by atoms with Crippen LogP contribution < -0.4 is 0 Å². The van der Waals surface area contributed by atoms with Crippen molar-refractivity contribution in [1.29, 1.82) is 0 Å². The lowest BCUT2D eigenvalue weighted by atomic mass is 9.80. The molecule has 1 aliphatic rings. The highest BCUT2D eigenvalue weighted by Crippen LogP contribution is 2.36. The summed E-state index contributed by atoms with van der Waals surface area (Å²) in [6.45, 7) is 4.23. The van der Waals surface area contributed by atoms with Crippen molar-refractivity contribution in [2.75, 3.05) is 6.61 Å². The molecule has 1 aliphatic carbocycles. The van der Waals surface area contributed by atoms with Gasteiger partial charge in [-0.05, 0) is 49.8 Å². The van der Waals surface area contributed by atoms with Crippen LogP contribution in [0.5, 0.6) is 0 Å². The van der Waals surface area contributed by atoms with E-state index in [1.807, 2.05) is 26.0 Å². The summed E-state index contributed by atoms with van der Waals surface area (Å²) >= 11 is 0. The van der Waals surface area contributed by atoms with Gasteiger partial charge >= 0.3 is 5.97 Å². The van der Waals surface area contributed by atoms with E-state index < -0.39 is 0 Å². The summed E-state index contributed by atoms with van der Waals surface area (Å²) in [5.74, 6) is 0.260. The van der Waals surface area contributed by atoms with E-state index in [9.17, 15) is 4.79 Å². The molecule has 103 valence electrons. The fourth-order valence-corrected chi connectivity index (χ4v) is 2.98. The van der Waals surface area contributed by atoms with Crippen LogP contribution in [0, 0.1) is 6.07 Å². The standard InChI is InChI=1S/C17H23O2/c1-3-19-17(18)13(2)15-11-7-8-12-16(15)14-9-5-4-6-10-14/h7-8,11,13-14H,3-6,9-10H2,1-2H3. The predicted molar refractivity (Wildman–Crippen MR) is 76.2 cm³/mol. The van der Waals surface area contributed by atoms with Crippen LogP contribution in [0.2, 0.25) is 0 Å². The van der Waals surface area contributed by atoms with Crippen LogP contribution in [0.15, 0.2) is 18.2 Å². The summed E-state index contributed by atoms with van der Waals surface area (Å²) in [7, 11) is 0. The first-order chi connectivity index (χ1) is 9.24. The molecule has 19 heavy (non-hydrogen) atoms. The first-order valence-corrected chi connectivity index (χ1v) is 7.41. The molecule has 1 aromatic carbocycles. The number of esters is 1. The second kappa shape index (κ2) is 6.74. The molecule has 1 saturated carbocycles. The van der Waals surface area contributed by atoms with Gasteiger partial charge in [-0.25, -0.2) is 0 Å².